The predicted octanol–water partition coefficient (Wildman–Crippen LogP) is 6.34. The summed E-state index contributed by atoms with van der Waals surface area (Å²) in [4.78, 5) is 22.0. The zero-order valence-electron chi connectivity index (χ0n) is 24.8. The third-order valence-corrected chi connectivity index (χ3v) is 9.03. The lowest BCUT2D eigenvalue weighted by molar-refractivity contribution is -0.0527. The summed E-state index contributed by atoms with van der Waals surface area (Å²) in [5, 5.41) is 1.52. The molecule has 2 saturated heterocycles. The summed E-state index contributed by atoms with van der Waals surface area (Å²) in [6.45, 7) is 11.9. The smallest absolute Gasteiger partial charge is 0.256 e. The lowest BCUT2D eigenvalue weighted by Gasteiger charge is -2.32. The second-order valence-electron chi connectivity index (χ2n) is 12.1. The van der Waals surface area contributed by atoms with Crippen LogP contribution in [0.2, 0.25) is 5.02 Å². The summed E-state index contributed by atoms with van der Waals surface area (Å²) >= 11 is 6.75. The van der Waals surface area contributed by atoms with Crippen molar-refractivity contribution < 1.29 is 18.7 Å². The summed E-state index contributed by atoms with van der Waals surface area (Å²) < 4.78 is 27.7. The van der Waals surface area contributed by atoms with E-state index in [4.69, 9.17) is 21.1 Å². The molecule has 0 bridgehead atoms. The molecule has 2 fully saturated rings. The van der Waals surface area contributed by atoms with Gasteiger partial charge in [0.2, 0.25) is 0 Å². The maximum Gasteiger partial charge on any atom is 0.256 e. The average molecular weight is 585 g/mol. The Balaban J connectivity index is 1.41. The number of carbonyl (C=O) groups excluding carboxylic acids is 1. The van der Waals surface area contributed by atoms with Crippen molar-refractivity contribution in [1.29, 1.82) is 0 Å². The number of pyridine rings is 1. The second-order valence-corrected chi connectivity index (χ2v) is 12.5. The molecule has 0 spiro atoms. The third kappa shape index (κ3) is 6.46. The zero-order chi connectivity index (χ0) is 29.3. The Morgan fingerprint density at radius 3 is 2.66 bits per heavy atom. The Labute approximate surface area is 247 Å². The molecule has 2 aliphatic heterocycles. The minimum atomic E-state index is -0.445. The van der Waals surface area contributed by atoms with Gasteiger partial charge in [0.05, 0.1) is 41.2 Å². The lowest BCUT2D eigenvalue weighted by atomic mass is 9.96. The Kier molecular flexibility index (Phi) is 9.33. The molecule has 2 aromatic heterocycles. The number of amides is 1. The number of halogens is 2. The summed E-state index contributed by atoms with van der Waals surface area (Å²) in [6.07, 6.45) is 9.38. The van der Waals surface area contributed by atoms with Crippen LogP contribution >= 0.6 is 11.6 Å². The second kappa shape index (κ2) is 12.8. The van der Waals surface area contributed by atoms with E-state index in [1.54, 1.807) is 30.4 Å². The van der Waals surface area contributed by atoms with Crippen LogP contribution in [0.4, 0.5) is 4.39 Å². The van der Waals surface area contributed by atoms with Gasteiger partial charge in [-0.3, -0.25) is 14.7 Å². The van der Waals surface area contributed by atoms with Gasteiger partial charge < -0.3 is 18.9 Å². The highest BCUT2D eigenvalue weighted by atomic mass is 35.5. The molecule has 1 amide bonds. The largest absolute Gasteiger partial charge is 0.350 e. The first-order valence-corrected chi connectivity index (χ1v) is 15.2. The number of hydrogen-bond acceptors (Lipinski definition) is 5. The fraction of sp³-hybridized carbons (Fsp3) is 0.562. The van der Waals surface area contributed by atoms with Crippen LogP contribution < -0.4 is 0 Å². The van der Waals surface area contributed by atoms with Crippen molar-refractivity contribution in [3.63, 3.8) is 0 Å². The molecule has 9 heteroatoms. The van der Waals surface area contributed by atoms with Gasteiger partial charge in [-0.15, -0.1) is 0 Å². The number of benzene rings is 1. The van der Waals surface area contributed by atoms with Crippen LogP contribution in [0.15, 0.2) is 36.8 Å². The standard InChI is InChI=1S/C32H42ClFN4O3/c1-20(2)27(8-9-30-40-12-13-41-30)37-11-10-22(18-37)14-23-19-38(29-17-35-16-26(33)31(23)29)28-7-6-24(34)15-25(28)32(39)36(5)21(3)4/h6-7,15-17,19-22,27,30H,8-14,18H2,1-5H3. The molecule has 1 aromatic carbocycles. The molecule has 7 nitrogen and oxygen atoms in total. The molecule has 0 N–H and O–H groups in total. The van der Waals surface area contributed by atoms with Crippen molar-refractivity contribution in [2.24, 2.45) is 11.8 Å². The first kappa shape index (κ1) is 30.0. The van der Waals surface area contributed by atoms with E-state index in [1.165, 1.54) is 12.1 Å². The molecular weight excluding hydrogens is 543 g/mol. The SMILES string of the molecule is CC(C)C(CCC1OCCO1)N1CCC(Cc2cn(-c3ccc(F)cc3C(=O)N(C)C(C)C)c3cncc(Cl)c23)C1. The van der Waals surface area contributed by atoms with Crippen LogP contribution in [-0.4, -0.2) is 77.0 Å². The molecule has 5 rings (SSSR count). The van der Waals surface area contributed by atoms with E-state index >= 15 is 0 Å². The van der Waals surface area contributed by atoms with Gasteiger partial charge in [0.15, 0.2) is 6.29 Å². The molecule has 2 unspecified atom stereocenters. The van der Waals surface area contributed by atoms with Crippen molar-refractivity contribution in [2.75, 3.05) is 33.4 Å². The van der Waals surface area contributed by atoms with Crippen LogP contribution in [0.1, 0.15) is 62.9 Å². The highest BCUT2D eigenvalue weighted by Gasteiger charge is 2.32. The molecule has 3 aromatic rings. The highest BCUT2D eigenvalue weighted by Crippen LogP contribution is 2.35. The van der Waals surface area contributed by atoms with E-state index in [0.29, 0.717) is 47.4 Å². The molecule has 2 aliphatic rings. The van der Waals surface area contributed by atoms with Crippen LogP contribution in [0.5, 0.6) is 0 Å². The Morgan fingerprint density at radius 1 is 1.20 bits per heavy atom. The predicted molar refractivity (Wildman–Crippen MR) is 160 cm³/mol. The van der Waals surface area contributed by atoms with E-state index in [1.807, 2.05) is 18.4 Å². The van der Waals surface area contributed by atoms with Gasteiger partial charge >= 0.3 is 0 Å². The van der Waals surface area contributed by atoms with E-state index < -0.39 is 5.82 Å². The van der Waals surface area contributed by atoms with Crippen molar-refractivity contribution in [3.05, 3.63) is 58.8 Å². The third-order valence-electron chi connectivity index (χ3n) is 8.74. The number of fused-ring (bicyclic) bond motifs is 1. The summed E-state index contributed by atoms with van der Waals surface area (Å²) in [6, 6.07) is 4.84. The monoisotopic (exact) mass is 584 g/mol. The van der Waals surface area contributed by atoms with Crippen LogP contribution in [-0.2, 0) is 15.9 Å². The number of hydrogen-bond donors (Lipinski definition) is 0. The van der Waals surface area contributed by atoms with E-state index in [9.17, 15) is 9.18 Å². The maximum absolute atomic E-state index is 14.4. The van der Waals surface area contributed by atoms with Crippen LogP contribution in [0.25, 0.3) is 16.6 Å². The van der Waals surface area contributed by atoms with Crippen molar-refractivity contribution in [3.8, 4) is 5.69 Å². The van der Waals surface area contributed by atoms with Gasteiger partial charge in [0.25, 0.3) is 5.91 Å². The maximum atomic E-state index is 14.4. The van der Waals surface area contributed by atoms with Gasteiger partial charge in [-0.25, -0.2) is 4.39 Å². The Morgan fingerprint density at radius 2 is 1.95 bits per heavy atom. The summed E-state index contributed by atoms with van der Waals surface area (Å²) in [5.41, 5.74) is 2.86. The molecule has 0 saturated carbocycles. The van der Waals surface area contributed by atoms with Crippen LogP contribution in [0.3, 0.4) is 0 Å². The lowest BCUT2D eigenvalue weighted by Crippen LogP contribution is -2.38. The normalized spacial score (nSPS) is 19.2. The number of carbonyl (C=O) groups is 1. The first-order valence-electron chi connectivity index (χ1n) is 14.8. The van der Waals surface area contributed by atoms with Crippen molar-refractivity contribution in [1.82, 2.24) is 19.4 Å². The van der Waals surface area contributed by atoms with Gasteiger partial charge in [-0.05, 0) is 81.7 Å². The minimum absolute atomic E-state index is 0.0233. The van der Waals surface area contributed by atoms with Crippen molar-refractivity contribution in [2.45, 2.75) is 71.8 Å². The number of nitrogens with zero attached hydrogens (tertiary/aromatic N) is 4. The molecule has 0 radical (unpaired) electrons. The van der Waals surface area contributed by atoms with Gasteiger partial charge in [0.1, 0.15) is 5.82 Å². The van der Waals surface area contributed by atoms with Crippen molar-refractivity contribution >= 4 is 28.4 Å². The molecule has 222 valence electrons. The highest BCUT2D eigenvalue weighted by molar-refractivity contribution is 6.35. The number of rotatable bonds is 10. The summed E-state index contributed by atoms with van der Waals surface area (Å²) in [7, 11) is 1.74. The topological polar surface area (TPSA) is 59.8 Å². The minimum Gasteiger partial charge on any atom is -0.350 e. The van der Waals surface area contributed by atoms with E-state index in [2.05, 4.69) is 29.9 Å². The van der Waals surface area contributed by atoms with Gasteiger partial charge in [-0.2, -0.15) is 0 Å². The summed E-state index contributed by atoms with van der Waals surface area (Å²) in [5.74, 6) is 0.335. The van der Waals surface area contributed by atoms with Crippen LogP contribution in [0, 0.1) is 17.7 Å². The molecule has 0 aliphatic carbocycles. The Hall–Kier alpha value is -2.52. The fourth-order valence-electron chi connectivity index (χ4n) is 6.34. The van der Waals surface area contributed by atoms with E-state index in [0.717, 1.165) is 55.2 Å². The number of ether oxygens (including phenoxy) is 2. The number of aromatic nitrogens is 2. The molecule has 2 atom stereocenters. The Bertz CT molecular complexity index is 1370. The molecule has 4 heterocycles. The van der Waals surface area contributed by atoms with Gasteiger partial charge in [0, 0.05) is 43.5 Å². The molecular formula is C32H42ClFN4O3. The van der Waals surface area contributed by atoms with Gasteiger partial charge in [-0.1, -0.05) is 25.4 Å². The van der Waals surface area contributed by atoms with E-state index in [-0.39, 0.29) is 18.2 Å². The average Bonchev–Trinajstić information content (AvgIpc) is 3.70. The first-order chi connectivity index (χ1) is 19.6. The zero-order valence-corrected chi connectivity index (χ0v) is 25.5. The number of likely N-dealkylation sites (tertiary alicyclic amines) is 1. The fourth-order valence-corrected chi connectivity index (χ4v) is 6.62. The quantitative estimate of drug-likeness (QED) is 0.278. The molecule has 41 heavy (non-hydrogen) atoms.